The monoisotopic (exact) mass is 263 g/mol. The molecule has 0 atom stereocenters. The van der Waals surface area contributed by atoms with Gasteiger partial charge in [-0.25, -0.2) is 4.79 Å². The van der Waals surface area contributed by atoms with Crippen LogP contribution in [0.25, 0.3) is 0 Å². The third-order valence-electron chi connectivity index (χ3n) is 5.23. The minimum absolute atomic E-state index is 0.0224. The first kappa shape index (κ1) is 12.9. The summed E-state index contributed by atoms with van der Waals surface area (Å²) in [5.41, 5.74) is -0.274. The molecule has 0 aromatic heterocycles. The summed E-state index contributed by atoms with van der Waals surface area (Å²) >= 11 is 0. The maximum Gasteiger partial charge on any atom is 0.323 e. The van der Waals surface area contributed by atoms with E-state index in [1.807, 2.05) is 4.90 Å². The summed E-state index contributed by atoms with van der Waals surface area (Å²) in [6.45, 7) is 3.11. The van der Waals surface area contributed by atoms with Crippen molar-refractivity contribution in [3.8, 4) is 0 Å². The Morgan fingerprint density at radius 1 is 1.26 bits per heavy atom. The van der Waals surface area contributed by atoms with Crippen molar-refractivity contribution >= 4 is 11.9 Å². The van der Waals surface area contributed by atoms with E-state index in [0.29, 0.717) is 11.8 Å². The topological polar surface area (TPSA) is 56.2 Å². The summed E-state index contributed by atoms with van der Waals surface area (Å²) in [5.74, 6) is 1.97. The lowest BCUT2D eigenvalue weighted by molar-refractivity contribution is 0.123. The summed E-state index contributed by atoms with van der Waals surface area (Å²) in [5, 5.41) is 11.0. The van der Waals surface area contributed by atoms with Crippen LogP contribution < -0.4 is 5.32 Å². The van der Waals surface area contributed by atoms with Gasteiger partial charge in [-0.1, -0.05) is 19.8 Å². The lowest BCUT2D eigenvalue weighted by Gasteiger charge is -2.42. The van der Waals surface area contributed by atoms with Gasteiger partial charge in [0.15, 0.2) is 0 Å². The minimum atomic E-state index is -0.274. The zero-order chi connectivity index (χ0) is 13.5. The van der Waals surface area contributed by atoms with Gasteiger partial charge in [0.25, 0.3) is 0 Å². The van der Waals surface area contributed by atoms with Crippen LogP contribution in [-0.4, -0.2) is 28.9 Å². The number of rotatable bonds is 4. The van der Waals surface area contributed by atoms with Crippen molar-refractivity contribution in [2.45, 2.75) is 63.8 Å². The maximum atomic E-state index is 12.1. The molecule has 0 aromatic carbocycles. The van der Waals surface area contributed by atoms with Gasteiger partial charge in [0.05, 0.1) is 0 Å². The smallest absolute Gasteiger partial charge is 0.311 e. The van der Waals surface area contributed by atoms with Gasteiger partial charge in [0.2, 0.25) is 0 Å². The number of carbonyl (C=O) groups is 1. The summed E-state index contributed by atoms with van der Waals surface area (Å²) in [7, 11) is 0. The Morgan fingerprint density at radius 3 is 2.53 bits per heavy atom. The van der Waals surface area contributed by atoms with Gasteiger partial charge in [0, 0.05) is 6.54 Å². The van der Waals surface area contributed by atoms with Crippen LogP contribution in [0.5, 0.6) is 0 Å². The van der Waals surface area contributed by atoms with Crippen LogP contribution in [0, 0.1) is 17.2 Å². The number of nitrogens with zero attached hydrogens (tertiary/aromatic N) is 1. The Hall–Kier alpha value is -1.06. The van der Waals surface area contributed by atoms with Crippen LogP contribution in [0.2, 0.25) is 0 Å². The van der Waals surface area contributed by atoms with E-state index in [-0.39, 0.29) is 11.6 Å². The highest BCUT2D eigenvalue weighted by atomic mass is 16.2. The zero-order valence-electron chi connectivity index (χ0n) is 11.9. The van der Waals surface area contributed by atoms with E-state index in [4.69, 9.17) is 5.41 Å². The van der Waals surface area contributed by atoms with Gasteiger partial charge in [-0.05, 0) is 50.4 Å². The fourth-order valence-electron chi connectivity index (χ4n) is 3.81. The van der Waals surface area contributed by atoms with E-state index in [2.05, 4.69) is 12.2 Å². The van der Waals surface area contributed by atoms with E-state index < -0.39 is 0 Å². The average Bonchev–Trinajstić information content (AvgIpc) is 3.17. The van der Waals surface area contributed by atoms with Crippen LogP contribution >= 0.6 is 0 Å². The van der Waals surface area contributed by atoms with E-state index in [1.165, 1.54) is 38.5 Å². The first-order chi connectivity index (χ1) is 9.15. The fourth-order valence-corrected chi connectivity index (χ4v) is 3.81. The van der Waals surface area contributed by atoms with Gasteiger partial charge in [-0.2, -0.15) is 0 Å². The second-order valence-corrected chi connectivity index (χ2v) is 6.62. The number of amidine groups is 1. The molecule has 4 heteroatoms. The fraction of sp³-hybridized carbons (Fsp3) is 0.867. The first-order valence-electron chi connectivity index (χ1n) is 7.83. The lowest BCUT2D eigenvalue weighted by atomic mass is 9.74. The summed E-state index contributed by atoms with van der Waals surface area (Å²) in [6.07, 6.45) is 9.38. The van der Waals surface area contributed by atoms with Crippen LogP contribution in [0.15, 0.2) is 0 Å². The third-order valence-corrected chi connectivity index (χ3v) is 5.23. The molecule has 0 bridgehead atoms. The summed E-state index contributed by atoms with van der Waals surface area (Å²) in [6, 6.07) is -0.0224. The number of hydrogen-bond donors (Lipinski definition) is 2. The molecule has 3 aliphatic rings. The van der Waals surface area contributed by atoms with Crippen molar-refractivity contribution in [2.75, 3.05) is 6.54 Å². The van der Waals surface area contributed by atoms with Gasteiger partial charge in [0.1, 0.15) is 11.4 Å². The molecular weight excluding hydrogens is 238 g/mol. The van der Waals surface area contributed by atoms with E-state index in [9.17, 15) is 4.79 Å². The highest BCUT2D eigenvalue weighted by molar-refractivity contribution is 6.08. The molecule has 2 aliphatic carbocycles. The van der Waals surface area contributed by atoms with Crippen molar-refractivity contribution < 1.29 is 4.79 Å². The Balaban J connectivity index is 1.72. The SMILES string of the molecule is CCCC1CCC2(CC1)C(=N)NC(=O)N2CC1CC1. The molecule has 3 fully saturated rings. The maximum absolute atomic E-state index is 12.1. The summed E-state index contributed by atoms with van der Waals surface area (Å²) in [4.78, 5) is 14.1. The lowest BCUT2D eigenvalue weighted by Crippen LogP contribution is -2.52. The standard InChI is InChI=1S/C15H25N3O/c1-2-3-11-6-8-15(9-7-11)13(16)17-14(19)18(15)10-12-4-5-12/h11-12H,2-10H2,1H3,(H2,16,17,19). The average molecular weight is 263 g/mol. The molecule has 106 valence electrons. The van der Waals surface area contributed by atoms with Gasteiger partial charge < -0.3 is 4.90 Å². The highest BCUT2D eigenvalue weighted by Gasteiger charge is 2.52. The first-order valence-corrected chi connectivity index (χ1v) is 7.83. The molecule has 0 aromatic rings. The second-order valence-electron chi connectivity index (χ2n) is 6.62. The molecule has 4 nitrogen and oxygen atoms in total. The molecule has 3 rings (SSSR count). The van der Waals surface area contributed by atoms with E-state index >= 15 is 0 Å². The minimum Gasteiger partial charge on any atom is -0.311 e. The molecule has 1 heterocycles. The molecule has 0 radical (unpaired) electrons. The quantitative estimate of drug-likeness (QED) is 0.804. The molecule has 1 spiro atoms. The molecule has 2 N–H and O–H groups in total. The Kier molecular flexibility index (Phi) is 3.27. The van der Waals surface area contributed by atoms with Crippen LogP contribution in [-0.2, 0) is 0 Å². The molecule has 1 aliphatic heterocycles. The van der Waals surface area contributed by atoms with Gasteiger partial charge >= 0.3 is 6.03 Å². The van der Waals surface area contributed by atoms with Gasteiger partial charge in [-0.3, -0.25) is 10.7 Å². The molecule has 2 saturated carbocycles. The van der Waals surface area contributed by atoms with Gasteiger partial charge in [-0.15, -0.1) is 0 Å². The van der Waals surface area contributed by atoms with Crippen LogP contribution in [0.3, 0.4) is 0 Å². The number of nitrogens with one attached hydrogen (secondary N) is 2. The van der Waals surface area contributed by atoms with Crippen molar-refractivity contribution in [3.63, 3.8) is 0 Å². The van der Waals surface area contributed by atoms with Crippen molar-refractivity contribution in [3.05, 3.63) is 0 Å². The van der Waals surface area contributed by atoms with Crippen LogP contribution in [0.1, 0.15) is 58.3 Å². The van der Waals surface area contributed by atoms with Crippen molar-refractivity contribution in [2.24, 2.45) is 11.8 Å². The number of carbonyl (C=O) groups excluding carboxylic acids is 1. The van der Waals surface area contributed by atoms with E-state index in [1.54, 1.807) is 0 Å². The Labute approximate surface area is 115 Å². The Bertz CT molecular complexity index is 381. The Morgan fingerprint density at radius 2 is 1.95 bits per heavy atom. The molecule has 2 amide bonds. The molecule has 0 unspecified atom stereocenters. The van der Waals surface area contributed by atoms with Crippen molar-refractivity contribution in [1.29, 1.82) is 5.41 Å². The molecule has 19 heavy (non-hydrogen) atoms. The van der Waals surface area contributed by atoms with Crippen LogP contribution in [0.4, 0.5) is 4.79 Å². The zero-order valence-corrected chi connectivity index (χ0v) is 11.9. The number of urea groups is 1. The second kappa shape index (κ2) is 4.80. The predicted molar refractivity (Wildman–Crippen MR) is 75.3 cm³/mol. The predicted octanol–water partition coefficient (Wildman–Crippen LogP) is 3.13. The van der Waals surface area contributed by atoms with E-state index in [0.717, 1.165) is 25.3 Å². The third kappa shape index (κ3) is 2.26. The normalized spacial score (nSPS) is 35.0. The summed E-state index contributed by atoms with van der Waals surface area (Å²) < 4.78 is 0. The molecular formula is C15H25N3O. The highest BCUT2D eigenvalue weighted by Crippen LogP contribution is 2.43. The number of amides is 2. The van der Waals surface area contributed by atoms with Crippen molar-refractivity contribution in [1.82, 2.24) is 10.2 Å². The number of hydrogen-bond acceptors (Lipinski definition) is 2. The molecule has 1 saturated heterocycles. The largest absolute Gasteiger partial charge is 0.323 e.